The highest BCUT2D eigenvalue weighted by Gasteiger charge is 2.30. The van der Waals surface area contributed by atoms with Gasteiger partial charge in [0.05, 0.1) is 32.3 Å². The van der Waals surface area contributed by atoms with E-state index in [9.17, 15) is 0 Å². The van der Waals surface area contributed by atoms with Gasteiger partial charge in [-0.3, -0.25) is 0 Å². The highest BCUT2D eigenvalue weighted by molar-refractivity contribution is 7.80. The molecular formula is C24H34N3OS+. The molecular weight excluding hydrogens is 378 g/mol. The van der Waals surface area contributed by atoms with Gasteiger partial charge in [0.25, 0.3) is 0 Å². The van der Waals surface area contributed by atoms with E-state index in [-0.39, 0.29) is 0 Å². The van der Waals surface area contributed by atoms with E-state index >= 15 is 0 Å². The highest BCUT2D eigenvalue weighted by Crippen LogP contribution is 2.19. The van der Waals surface area contributed by atoms with Gasteiger partial charge in [0, 0.05) is 24.3 Å². The Morgan fingerprint density at radius 2 is 1.55 bits per heavy atom. The lowest BCUT2D eigenvalue weighted by Gasteiger charge is -2.38. The molecule has 156 valence electrons. The molecule has 2 aromatic carbocycles. The van der Waals surface area contributed by atoms with Crippen LogP contribution in [0.3, 0.4) is 0 Å². The van der Waals surface area contributed by atoms with E-state index in [4.69, 9.17) is 17.0 Å². The first-order valence-corrected chi connectivity index (χ1v) is 11.1. The van der Waals surface area contributed by atoms with Crippen molar-refractivity contribution in [3.8, 4) is 0 Å². The number of benzene rings is 2. The molecule has 0 aromatic heterocycles. The summed E-state index contributed by atoms with van der Waals surface area (Å²) in [6.45, 7) is 9.91. The van der Waals surface area contributed by atoms with Gasteiger partial charge in [-0.1, -0.05) is 60.7 Å². The van der Waals surface area contributed by atoms with E-state index in [1.165, 1.54) is 11.1 Å². The normalized spacial score (nSPS) is 15.1. The van der Waals surface area contributed by atoms with Gasteiger partial charge in [-0.2, -0.15) is 0 Å². The third-order valence-corrected chi connectivity index (χ3v) is 5.82. The molecule has 3 rings (SSSR count). The zero-order valence-electron chi connectivity index (χ0n) is 17.6. The minimum Gasteiger partial charge on any atom is -0.379 e. The lowest BCUT2D eigenvalue weighted by atomic mass is 9.96. The predicted molar refractivity (Wildman–Crippen MR) is 123 cm³/mol. The fourth-order valence-corrected chi connectivity index (χ4v) is 4.22. The number of nitrogens with zero attached hydrogens (tertiary/aromatic N) is 1. The minimum absolute atomic E-state index is 0.292. The molecule has 1 saturated heterocycles. The standard InChI is InChI=1S/C24H33N3OS/c1-20(2)28-19-9-14-25-24(29)27-17-15-26(16-18-27)23(21-10-5-3-6-11-21)22-12-7-4-8-13-22/h3-8,10-13,20,23H,9,14-19H2,1-2H3,(H,25,29)/p+1. The summed E-state index contributed by atoms with van der Waals surface area (Å²) in [6, 6.07) is 22.1. The van der Waals surface area contributed by atoms with E-state index in [2.05, 4.69) is 84.7 Å². The quantitative estimate of drug-likeness (QED) is 0.515. The Morgan fingerprint density at radius 3 is 2.07 bits per heavy atom. The molecule has 0 amide bonds. The Morgan fingerprint density at radius 1 is 1.00 bits per heavy atom. The summed E-state index contributed by atoms with van der Waals surface area (Å²) in [5, 5.41) is 4.28. The molecule has 1 aliphatic heterocycles. The second-order valence-electron chi connectivity index (χ2n) is 7.90. The van der Waals surface area contributed by atoms with Gasteiger partial charge >= 0.3 is 0 Å². The molecule has 1 fully saturated rings. The van der Waals surface area contributed by atoms with Crippen LogP contribution >= 0.6 is 12.2 Å². The first kappa shape index (κ1) is 21.8. The van der Waals surface area contributed by atoms with Crippen molar-refractivity contribution < 1.29 is 9.64 Å². The zero-order valence-corrected chi connectivity index (χ0v) is 18.5. The lowest BCUT2D eigenvalue weighted by molar-refractivity contribution is -0.929. The molecule has 2 N–H and O–H groups in total. The molecule has 0 spiro atoms. The number of hydrogen-bond acceptors (Lipinski definition) is 2. The van der Waals surface area contributed by atoms with Gasteiger partial charge in [0.1, 0.15) is 6.04 Å². The third-order valence-electron chi connectivity index (χ3n) is 5.42. The van der Waals surface area contributed by atoms with E-state index < -0.39 is 0 Å². The number of nitrogens with one attached hydrogen (secondary N) is 2. The fraction of sp³-hybridized carbons (Fsp3) is 0.458. The van der Waals surface area contributed by atoms with E-state index in [1.807, 2.05) is 0 Å². The maximum Gasteiger partial charge on any atom is 0.169 e. The van der Waals surface area contributed by atoms with Crippen LogP contribution in [-0.2, 0) is 4.74 Å². The maximum atomic E-state index is 5.63. The average Bonchev–Trinajstić information content (AvgIpc) is 2.75. The van der Waals surface area contributed by atoms with Gasteiger partial charge in [0.2, 0.25) is 0 Å². The molecule has 0 atom stereocenters. The van der Waals surface area contributed by atoms with Gasteiger partial charge in [-0.15, -0.1) is 0 Å². The van der Waals surface area contributed by atoms with Crippen LogP contribution in [0.1, 0.15) is 37.4 Å². The van der Waals surface area contributed by atoms with Crippen molar-refractivity contribution in [1.82, 2.24) is 10.2 Å². The van der Waals surface area contributed by atoms with Gasteiger partial charge in [-0.05, 0) is 32.5 Å². The van der Waals surface area contributed by atoms with Gasteiger partial charge in [0.15, 0.2) is 5.11 Å². The molecule has 5 heteroatoms. The van der Waals surface area contributed by atoms with Gasteiger partial charge < -0.3 is 19.9 Å². The Labute approximate surface area is 180 Å². The fourth-order valence-electron chi connectivity index (χ4n) is 3.94. The molecule has 0 aliphatic carbocycles. The summed E-state index contributed by atoms with van der Waals surface area (Å²) in [5.41, 5.74) is 2.76. The van der Waals surface area contributed by atoms with Crippen molar-refractivity contribution >= 4 is 17.3 Å². The Kier molecular flexibility index (Phi) is 8.47. The SMILES string of the molecule is CC(C)OCCCNC(=S)N1CC[NH+](C(c2ccccc2)c2ccccc2)CC1. The molecule has 29 heavy (non-hydrogen) atoms. The number of thiocarbonyl (C=S) groups is 1. The second-order valence-corrected chi connectivity index (χ2v) is 8.29. The largest absolute Gasteiger partial charge is 0.379 e. The summed E-state index contributed by atoms with van der Waals surface area (Å²) < 4.78 is 5.59. The minimum atomic E-state index is 0.292. The lowest BCUT2D eigenvalue weighted by Crippen LogP contribution is -3.15. The number of rotatable bonds is 8. The van der Waals surface area contributed by atoms with Crippen LogP contribution in [0, 0.1) is 0 Å². The predicted octanol–water partition coefficient (Wildman–Crippen LogP) is 2.67. The number of quaternary nitrogens is 1. The summed E-state index contributed by atoms with van der Waals surface area (Å²) in [5.74, 6) is 0. The van der Waals surface area contributed by atoms with Crippen molar-refractivity contribution in [2.75, 3.05) is 39.3 Å². The number of ether oxygens (including phenoxy) is 1. The monoisotopic (exact) mass is 412 g/mol. The second kappa shape index (κ2) is 11.3. The van der Waals surface area contributed by atoms with E-state index in [0.717, 1.165) is 50.9 Å². The van der Waals surface area contributed by atoms with Crippen molar-refractivity contribution in [3.63, 3.8) is 0 Å². The molecule has 0 radical (unpaired) electrons. The van der Waals surface area contributed by atoms with Crippen LogP contribution in [0.5, 0.6) is 0 Å². The van der Waals surface area contributed by atoms with E-state index in [0.29, 0.717) is 12.1 Å². The average molecular weight is 413 g/mol. The van der Waals surface area contributed by atoms with Crippen LogP contribution < -0.4 is 10.2 Å². The summed E-state index contributed by atoms with van der Waals surface area (Å²) in [7, 11) is 0. The summed E-state index contributed by atoms with van der Waals surface area (Å²) >= 11 is 5.63. The van der Waals surface area contributed by atoms with Crippen molar-refractivity contribution in [2.45, 2.75) is 32.4 Å². The topological polar surface area (TPSA) is 28.9 Å². The molecule has 0 unspecified atom stereocenters. The van der Waals surface area contributed by atoms with Crippen molar-refractivity contribution in [1.29, 1.82) is 0 Å². The maximum absolute atomic E-state index is 5.63. The van der Waals surface area contributed by atoms with E-state index in [1.54, 1.807) is 4.90 Å². The molecule has 1 aliphatic rings. The van der Waals surface area contributed by atoms with Crippen LogP contribution in [0.25, 0.3) is 0 Å². The van der Waals surface area contributed by atoms with Gasteiger partial charge in [-0.25, -0.2) is 0 Å². The molecule has 0 bridgehead atoms. The molecule has 4 nitrogen and oxygen atoms in total. The molecule has 2 aromatic rings. The van der Waals surface area contributed by atoms with Crippen LogP contribution in [-0.4, -0.2) is 55.4 Å². The third kappa shape index (κ3) is 6.53. The van der Waals surface area contributed by atoms with Crippen LogP contribution in [0.4, 0.5) is 0 Å². The number of piperazine rings is 1. The first-order chi connectivity index (χ1) is 14.1. The first-order valence-electron chi connectivity index (χ1n) is 10.7. The smallest absolute Gasteiger partial charge is 0.169 e. The Bertz CT molecular complexity index is 691. The Hall–Kier alpha value is -1.95. The van der Waals surface area contributed by atoms with Crippen molar-refractivity contribution in [2.24, 2.45) is 0 Å². The van der Waals surface area contributed by atoms with Crippen LogP contribution in [0.15, 0.2) is 60.7 Å². The Balaban J connectivity index is 1.54. The summed E-state index contributed by atoms with van der Waals surface area (Å²) in [6.07, 6.45) is 1.27. The van der Waals surface area contributed by atoms with Crippen LogP contribution in [0.2, 0.25) is 0 Å². The summed E-state index contributed by atoms with van der Waals surface area (Å²) in [4.78, 5) is 3.92. The molecule has 1 heterocycles. The molecule has 0 saturated carbocycles. The number of hydrogen-bond donors (Lipinski definition) is 2. The zero-order chi connectivity index (χ0) is 20.5. The highest BCUT2D eigenvalue weighted by atomic mass is 32.1. The van der Waals surface area contributed by atoms with Crippen molar-refractivity contribution in [3.05, 3.63) is 71.8 Å².